The fourth-order valence-electron chi connectivity index (χ4n) is 3.70. The highest BCUT2D eigenvalue weighted by Gasteiger charge is 2.32. The largest absolute Gasteiger partial charge is 0.352 e. The van der Waals surface area contributed by atoms with E-state index in [1.165, 1.54) is 11.8 Å². The van der Waals surface area contributed by atoms with E-state index >= 15 is 0 Å². The lowest BCUT2D eigenvalue weighted by atomic mass is 9.88. The van der Waals surface area contributed by atoms with E-state index in [0.29, 0.717) is 10.7 Å². The van der Waals surface area contributed by atoms with Crippen molar-refractivity contribution in [3.63, 3.8) is 0 Å². The van der Waals surface area contributed by atoms with Gasteiger partial charge in [-0.1, -0.05) is 55.3 Å². The van der Waals surface area contributed by atoms with E-state index in [0.717, 1.165) is 50.0 Å². The van der Waals surface area contributed by atoms with E-state index in [4.69, 9.17) is 0 Å². The van der Waals surface area contributed by atoms with Crippen LogP contribution in [0, 0.1) is 12.8 Å². The Balaban J connectivity index is 0.00000320. The van der Waals surface area contributed by atoms with E-state index in [-0.39, 0.29) is 24.2 Å². The summed E-state index contributed by atoms with van der Waals surface area (Å²) in [6.07, 6.45) is 4.82. The van der Waals surface area contributed by atoms with Crippen LogP contribution in [0.15, 0.2) is 29.4 Å². The topological polar surface area (TPSA) is 90.9 Å². The second kappa shape index (κ2) is 11.4. The van der Waals surface area contributed by atoms with Gasteiger partial charge in [-0.3, -0.25) is 14.4 Å². The second-order valence-corrected chi connectivity index (χ2v) is 8.66. The summed E-state index contributed by atoms with van der Waals surface area (Å²) in [4.78, 5) is 40.2. The molecule has 164 valence electrons. The number of ketones is 1. The van der Waals surface area contributed by atoms with E-state index in [9.17, 15) is 14.4 Å². The number of nitrogens with zero attached hydrogens (tertiary/aromatic N) is 2. The van der Waals surface area contributed by atoms with Gasteiger partial charge in [0, 0.05) is 25.3 Å². The Hall–Kier alpha value is -2.06. The molecule has 0 aromatic heterocycles. The molecule has 1 saturated heterocycles. The Labute approximate surface area is 187 Å². The standard InChI is InChI=1S/C21H28N4O3S.ClH/c1-14-8-6-7-11-16(14)17(22-19(27)15-9-4-3-5-10-15)18(26)20(28)23-24-21-25(2)12-13-29-21;/h6-8,11,15,17H,3-5,9-10,12-13H2,1-2H3,(H,22,27)(H,23,28);1H/b24-21-;. The van der Waals surface area contributed by atoms with Gasteiger partial charge in [0.25, 0.3) is 0 Å². The van der Waals surface area contributed by atoms with Crippen molar-refractivity contribution in [3.8, 4) is 0 Å². The first kappa shape index (κ1) is 24.2. The molecule has 1 unspecified atom stereocenters. The van der Waals surface area contributed by atoms with Crippen molar-refractivity contribution in [2.24, 2.45) is 11.0 Å². The molecule has 1 aliphatic carbocycles. The summed E-state index contributed by atoms with van der Waals surface area (Å²) in [6, 6.07) is 6.30. The summed E-state index contributed by atoms with van der Waals surface area (Å²) in [5.41, 5.74) is 3.85. The number of hydrogen-bond donors (Lipinski definition) is 2. The van der Waals surface area contributed by atoms with Crippen molar-refractivity contribution in [2.75, 3.05) is 19.3 Å². The van der Waals surface area contributed by atoms with Gasteiger partial charge in [-0.25, -0.2) is 5.43 Å². The van der Waals surface area contributed by atoms with E-state index < -0.39 is 17.7 Å². The highest BCUT2D eigenvalue weighted by molar-refractivity contribution is 8.14. The van der Waals surface area contributed by atoms with Crippen LogP contribution in [0.2, 0.25) is 0 Å². The maximum absolute atomic E-state index is 13.0. The zero-order valence-electron chi connectivity index (χ0n) is 17.3. The molecular formula is C21H29ClN4O3S. The van der Waals surface area contributed by atoms with Crippen molar-refractivity contribution < 1.29 is 14.4 Å². The molecule has 1 aliphatic heterocycles. The monoisotopic (exact) mass is 452 g/mol. The molecule has 3 rings (SSSR count). The highest BCUT2D eigenvalue weighted by atomic mass is 35.5. The summed E-state index contributed by atoms with van der Waals surface area (Å²) < 4.78 is 0. The third-order valence-corrected chi connectivity index (χ3v) is 6.53. The lowest BCUT2D eigenvalue weighted by Gasteiger charge is -2.25. The average Bonchev–Trinajstić information content (AvgIpc) is 3.15. The molecule has 1 saturated carbocycles. The normalized spacial score (nSPS) is 19.1. The number of halogens is 1. The number of carbonyl (C=O) groups excluding carboxylic acids is 3. The van der Waals surface area contributed by atoms with Crippen LogP contribution in [0.3, 0.4) is 0 Å². The third kappa shape index (κ3) is 5.98. The zero-order valence-corrected chi connectivity index (χ0v) is 19.0. The minimum absolute atomic E-state index is 0. The molecule has 1 atom stereocenters. The Morgan fingerprint density at radius 1 is 1.17 bits per heavy atom. The van der Waals surface area contributed by atoms with Gasteiger partial charge in [0.15, 0.2) is 5.17 Å². The summed E-state index contributed by atoms with van der Waals surface area (Å²) >= 11 is 1.52. The lowest BCUT2D eigenvalue weighted by molar-refractivity contribution is -0.140. The fraction of sp³-hybridized carbons (Fsp3) is 0.524. The third-order valence-electron chi connectivity index (χ3n) is 5.49. The number of hydrogen-bond acceptors (Lipinski definition) is 5. The number of benzene rings is 1. The SMILES string of the molecule is Cc1ccccc1C(NC(=O)C1CCCCC1)C(=O)C(=O)N/N=C1\SCCN1C.Cl. The van der Waals surface area contributed by atoms with Crippen LogP contribution in [0.4, 0.5) is 0 Å². The molecular weight excluding hydrogens is 424 g/mol. The molecule has 2 N–H and O–H groups in total. The molecule has 0 bridgehead atoms. The highest BCUT2D eigenvalue weighted by Crippen LogP contribution is 2.26. The zero-order chi connectivity index (χ0) is 20.8. The van der Waals surface area contributed by atoms with Crippen molar-refractivity contribution in [1.82, 2.24) is 15.6 Å². The number of amides is 2. The van der Waals surface area contributed by atoms with E-state index in [2.05, 4.69) is 15.8 Å². The second-order valence-electron chi connectivity index (χ2n) is 7.60. The quantitative estimate of drug-likeness (QED) is 0.511. The minimum atomic E-state index is -1.01. The molecule has 30 heavy (non-hydrogen) atoms. The van der Waals surface area contributed by atoms with Crippen molar-refractivity contribution in [1.29, 1.82) is 0 Å². The predicted molar refractivity (Wildman–Crippen MR) is 122 cm³/mol. The van der Waals surface area contributed by atoms with Crippen molar-refractivity contribution in [2.45, 2.75) is 45.1 Å². The maximum Gasteiger partial charge on any atom is 0.310 e. The van der Waals surface area contributed by atoms with Gasteiger partial charge < -0.3 is 10.2 Å². The van der Waals surface area contributed by atoms with E-state index in [1.807, 2.05) is 31.0 Å². The number of rotatable bonds is 6. The van der Waals surface area contributed by atoms with Gasteiger partial charge in [-0.15, -0.1) is 17.5 Å². The molecule has 0 spiro atoms. The Morgan fingerprint density at radius 3 is 2.50 bits per heavy atom. The van der Waals surface area contributed by atoms with Gasteiger partial charge in [-0.05, 0) is 30.9 Å². The van der Waals surface area contributed by atoms with Gasteiger partial charge in [-0.2, -0.15) is 0 Å². The van der Waals surface area contributed by atoms with Crippen LogP contribution < -0.4 is 10.7 Å². The number of amidine groups is 1. The van der Waals surface area contributed by atoms with Crippen LogP contribution >= 0.6 is 24.2 Å². The first-order chi connectivity index (χ1) is 14.0. The van der Waals surface area contributed by atoms with Crippen LogP contribution in [-0.4, -0.2) is 47.0 Å². The molecule has 9 heteroatoms. The van der Waals surface area contributed by atoms with Gasteiger partial charge in [0.1, 0.15) is 6.04 Å². The maximum atomic E-state index is 13.0. The van der Waals surface area contributed by atoms with Crippen molar-refractivity contribution in [3.05, 3.63) is 35.4 Å². The van der Waals surface area contributed by atoms with Gasteiger partial charge >= 0.3 is 5.91 Å². The molecule has 2 amide bonds. The molecule has 0 radical (unpaired) electrons. The van der Waals surface area contributed by atoms with Crippen LogP contribution in [-0.2, 0) is 14.4 Å². The summed E-state index contributed by atoms with van der Waals surface area (Å²) in [6.45, 7) is 2.71. The molecule has 7 nitrogen and oxygen atoms in total. The minimum Gasteiger partial charge on any atom is -0.352 e. The van der Waals surface area contributed by atoms with Crippen LogP contribution in [0.1, 0.15) is 49.3 Å². The molecule has 2 aliphatic rings. The average molecular weight is 453 g/mol. The van der Waals surface area contributed by atoms with E-state index in [1.54, 1.807) is 12.1 Å². The predicted octanol–water partition coefficient (Wildman–Crippen LogP) is 2.79. The van der Waals surface area contributed by atoms with Crippen molar-refractivity contribution >= 4 is 46.9 Å². The van der Waals surface area contributed by atoms with Gasteiger partial charge in [0.2, 0.25) is 11.7 Å². The Kier molecular flexibility index (Phi) is 9.17. The Morgan fingerprint density at radius 2 is 1.87 bits per heavy atom. The number of Topliss-reactive ketones (excluding diaryl/α,β-unsaturated/α-hetero) is 1. The number of thioether (sulfide) groups is 1. The summed E-state index contributed by atoms with van der Waals surface area (Å²) in [5, 5.41) is 7.58. The fourth-order valence-corrected chi connectivity index (χ4v) is 4.67. The molecule has 2 fully saturated rings. The molecule has 1 aromatic rings. The molecule has 1 aromatic carbocycles. The smallest absolute Gasteiger partial charge is 0.310 e. The first-order valence-corrected chi connectivity index (χ1v) is 11.1. The first-order valence-electron chi connectivity index (χ1n) is 10.1. The van der Waals surface area contributed by atoms with Crippen LogP contribution in [0.25, 0.3) is 0 Å². The number of carbonyl (C=O) groups is 3. The summed E-state index contributed by atoms with van der Waals surface area (Å²) in [7, 11) is 1.88. The number of aryl methyl sites for hydroxylation is 1. The number of nitrogens with one attached hydrogen (secondary N) is 2. The Bertz CT molecular complexity index is 811. The number of hydrazone groups is 1. The lowest BCUT2D eigenvalue weighted by Crippen LogP contribution is -2.43. The van der Waals surface area contributed by atoms with Crippen LogP contribution in [0.5, 0.6) is 0 Å². The summed E-state index contributed by atoms with van der Waals surface area (Å²) in [5.74, 6) is -0.900. The van der Waals surface area contributed by atoms with Gasteiger partial charge in [0.05, 0.1) is 0 Å². The molecule has 1 heterocycles.